The Bertz CT molecular complexity index is 1230. The number of para-hydroxylation sites is 1. The molecule has 4 aromatic rings. The van der Waals surface area contributed by atoms with E-state index in [0.717, 1.165) is 46.1 Å². The molecule has 3 heteroatoms. The van der Waals surface area contributed by atoms with Crippen LogP contribution in [0.3, 0.4) is 0 Å². The van der Waals surface area contributed by atoms with E-state index in [4.69, 9.17) is 0 Å². The number of fused-ring (bicyclic) bond motifs is 1. The molecule has 0 amide bonds. The number of aryl methyl sites for hydroxylation is 3. The van der Waals surface area contributed by atoms with Gasteiger partial charge in [-0.15, -0.1) is 0 Å². The van der Waals surface area contributed by atoms with E-state index in [1.807, 2.05) is 31.2 Å². The largest absolute Gasteiger partial charge is 0.481 e. The van der Waals surface area contributed by atoms with Gasteiger partial charge in [0.15, 0.2) is 0 Å². The first kappa shape index (κ1) is 16.0. The fourth-order valence-electron chi connectivity index (χ4n) is 4.51. The van der Waals surface area contributed by atoms with Crippen molar-refractivity contribution < 1.29 is 9.90 Å². The van der Waals surface area contributed by atoms with E-state index in [1.165, 1.54) is 21.9 Å². The number of carbonyl (C=O) groups is 1. The number of nitrogens with zero attached hydrogens (tertiary/aromatic N) is 1. The number of hydrogen-bond donors (Lipinski definition) is 1. The molecule has 1 aromatic heterocycles. The SMILES string of the molecule is Cc1nc2ccccc2c(-c2ccc3c4c(cccc24)CC3)c1CC(=O)O. The first-order valence-electron chi connectivity index (χ1n) is 9.27. The summed E-state index contributed by atoms with van der Waals surface area (Å²) in [7, 11) is 0. The molecule has 132 valence electrons. The predicted molar refractivity (Wildman–Crippen MR) is 108 cm³/mol. The lowest BCUT2D eigenvalue weighted by molar-refractivity contribution is -0.136. The highest BCUT2D eigenvalue weighted by Crippen LogP contribution is 2.41. The third-order valence-electron chi connectivity index (χ3n) is 5.67. The van der Waals surface area contributed by atoms with Crippen LogP contribution in [0.1, 0.15) is 22.4 Å². The summed E-state index contributed by atoms with van der Waals surface area (Å²) in [4.78, 5) is 16.3. The molecule has 1 heterocycles. The lowest BCUT2D eigenvalue weighted by atomic mass is 9.88. The Labute approximate surface area is 157 Å². The summed E-state index contributed by atoms with van der Waals surface area (Å²) in [6.07, 6.45) is 2.13. The number of aromatic nitrogens is 1. The second-order valence-electron chi connectivity index (χ2n) is 7.25. The lowest BCUT2D eigenvalue weighted by Gasteiger charge is -2.17. The molecule has 0 fully saturated rings. The molecule has 0 unspecified atom stereocenters. The number of carboxylic acid groups (broad SMARTS) is 1. The standard InChI is InChI=1S/C24H19NO2/c1-14-20(13-22(26)27)24(19-6-2-3-8-21(19)25-14)18-12-11-16-10-9-15-5-4-7-17(18)23(15)16/h2-8,11-12H,9-10,13H2,1H3,(H,26,27). The molecule has 0 saturated carbocycles. The second-order valence-corrected chi connectivity index (χ2v) is 7.25. The van der Waals surface area contributed by atoms with E-state index in [9.17, 15) is 9.90 Å². The van der Waals surface area contributed by atoms with Gasteiger partial charge in [-0.1, -0.05) is 48.5 Å². The molecule has 0 bridgehead atoms. The van der Waals surface area contributed by atoms with Crippen molar-refractivity contribution in [3.8, 4) is 11.1 Å². The number of hydrogen-bond acceptors (Lipinski definition) is 2. The summed E-state index contributed by atoms with van der Waals surface area (Å²) in [5, 5.41) is 13.1. The summed E-state index contributed by atoms with van der Waals surface area (Å²) >= 11 is 0. The Morgan fingerprint density at radius 3 is 2.52 bits per heavy atom. The average molecular weight is 353 g/mol. The highest BCUT2D eigenvalue weighted by Gasteiger charge is 2.21. The molecule has 3 aromatic carbocycles. The Hall–Kier alpha value is -3.20. The summed E-state index contributed by atoms with van der Waals surface area (Å²) in [5.41, 5.74) is 7.39. The smallest absolute Gasteiger partial charge is 0.307 e. The quantitative estimate of drug-likeness (QED) is 0.558. The van der Waals surface area contributed by atoms with Crippen molar-refractivity contribution in [1.29, 1.82) is 0 Å². The van der Waals surface area contributed by atoms with Crippen LogP contribution in [0.15, 0.2) is 54.6 Å². The van der Waals surface area contributed by atoms with Crippen molar-refractivity contribution in [2.45, 2.75) is 26.2 Å². The van der Waals surface area contributed by atoms with Crippen molar-refractivity contribution in [2.75, 3.05) is 0 Å². The number of benzene rings is 3. The van der Waals surface area contributed by atoms with E-state index in [0.29, 0.717) is 0 Å². The normalized spacial score (nSPS) is 12.8. The minimum atomic E-state index is -0.831. The summed E-state index contributed by atoms with van der Waals surface area (Å²) in [6.45, 7) is 1.91. The monoisotopic (exact) mass is 353 g/mol. The molecule has 1 aliphatic carbocycles. The lowest BCUT2D eigenvalue weighted by Crippen LogP contribution is -2.06. The van der Waals surface area contributed by atoms with Gasteiger partial charge in [-0.25, -0.2) is 0 Å². The zero-order valence-corrected chi connectivity index (χ0v) is 15.1. The van der Waals surface area contributed by atoms with Crippen molar-refractivity contribution >= 4 is 27.6 Å². The van der Waals surface area contributed by atoms with Gasteiger partial charge in [-0.3, -0.25) is 9.78 Å². The number of carboxylic acids is 1. The van der Waals surface area contributed by atoms with Gasteiger partial charge in [-0.2, -0.15) is 0 Å². The van der Waals surface area contributed by atoms with E-state index in [1.54, 1.807) is 0 Å². The van der Waals surface area contributed by atoms with Crippen LogP contribution >= 0.6 is 0 Å². The van der Waals surface area contributed by atoms with Crippen LogP contribution < -0.4 is 0 Å². The van der Waals surface area contributed by atoms with Crippen LogP contribution in [-0.4, -0.2) is 16.1 Å². The molecule has 1 N–H and O–H groups in total. The van der Waals surface area contributed by atoms with Gasteiger partial charge < -0.3 is 5.11 Å². The molecule has 1 aliphatic rings. The highest BCUT2D eigenvalue weighted by atomic mass is 16.4. The molecule has 0 saturated heterocycles. The Kier molecular flexibility index (Phi) is 3.51. The average Bonchev–Trinajstić information content (AvgIpc) is 3.08. The van der Waals surface area contributed by atoms with Gasteiger partial charge in [-0.05, 0) is 64.4 Å². The summed E-state index contributed by atoms with van der Waals surface area (Å²) < 4.78 is 0. The predicted octanol–water partition coefficient (Wildman–Crippen LogP) is 5.09. The van der Waals surface area contributed by atoms with Crippen LogP contribution in [0.25, 0.3) is 32.8 Å². The maximum Gasteiger partial charge on any atom is 0.307 e. The first-order chi connectivity index (χ1) is 13.1. The Morgan fingerprint density at radius 2 is 1.70 bits per heavy atom. The van der Waals surface area contributed by atoms with Gasteiger partial charge in [0.1, 0.15) is 0 Å². The van der Waals surface area contributed by atoms with Gasteiger partial charge in [0, 0.05) is 11.1 Å². The van der Waals surface area contributed by atoms with Crippen molar-refractivity contribution in [3.05, 3.63) is 77.0 Å². The highest BCUT2D eigenvalue weighted by molar-refractivity contribution is 6.08. The number of aliphatic carboxylic acids is 1. The van der Waals surface area contributed by atoms with Gasteiger partial charge in [0.25, 0.3) is 0 Å². The topological polar surface area (TPSA) is 50.2 Å². The molecule has 0 radical (unpaired) electrons. The van der Waals surface area contributed by atoms with Crippen molar-refractivity contribution in [3.63, 3.8) is 0 Å². The zero-order chi connectivity index (χ0) is 18.5. The van der Waals surface area contributed by atoms with E-state index < -0.39 is 5.97 Å². The van der Waals surface area contributed by atoms with Crippen molar-refractivity contribution in [1.82, 2.24) is 4.98 Å². The second kappa shape index (κ2) is 5.92. The summed E-state index contributed by atoms with van der Waals surface area (Å²) in [6, 6.07) is 18.9. The van der Waals surface area contributed by atoms with E-state index in [-0.39, 0.29) is 6.42 Å². The third kappa shape index (κ3) is 2.42. The van der Waals surface area contributed by atoms with Crippen LogP contribution in [0, 0.1) is 6.92 Å². The third-order valence-corrected chi connectivity index (χ3v) is 5.67. The number of pyridine rings is 1. The van der Waals surface area contributed by atoms with E-state index >= 15 is 0 Å². The Balaban J connectivity index is 1.94. The molecule has 0 atom stereocenters. The van der Waals surface area contributed by atoms with Crippen molar-refractivity contribution in [2.24, 2.45) is 0 Å². The fourth-order valence-corrected chi connectivity index (χ4v) is 4.51. The maximum atomic E-state index is 11.6. The van der Waals surface area contributed by atoms with Crippen LogP contribution in [0.2, 0.25) is 0 Å². The van der Waals surface area contributed by atoms with Crippen LogP contribution in [0.4, 0.5) is 0 Å². The van der Waals surface area contributed by atoms with Crippen LogP contribution in [-0.2, 0) is 24.1 Å². The molecule has 3 nitrogen and oxygen atoms in total. The molecule has 0 aliphatic heterocycles. The minimum absolute atomic E-state index is 0.0259. The Morgan fingerprint density at radius 1 is 0.963 bits per heavy atom. The molecule has 0 spiro atoms. The van der Waals surface area contributed by atoms with Gasteiger partial charge in [0.05, 0.1) is 11.9 Å². The van der Waals surface area contributed by atoms with Crippen LogP contribution in [0.5, 0.6) is 0 Å². The summed E-state index contributed by atoms with van der Waals surface area (Å²) in [5.74, 6) is -0.831. The van der Waals surface area contributed by atoms with Gasteiger partial charge in [0.2, 0.25) is 0 Å². The first-order valence-corrected chi connectivity index (χ1v) is 9.27. The molecule has 5 rings (SSSR count). The molecular weight excluding hydrogens is 334 g/mol. The molecule has 27 heavy (non-hydrogen) atoms. The molecular formula is C24H19NO2. The fraction of sp³-hybridized carbons (Fsp3) is 0.167. The van der Waals surface area contributed by atoms with E-state index in [2.05, 4.69) is 35.3 Å². The zero-order valence-electron chi connectivity index (χ0n) is 15.1. The van der Waals surface area contributed by atoms with Gasteiger partial charge >= 0.3 is 5.97 Å². The maximum absolute atomic E-state index is 11.6. The minimum Gasteiger partial charge on any atom is -0.481 e. The number of rotatable bonds is 3.